The van der Waals surface area contributed by atoms with Crippen molar-refractivity contribution in [2.75, 3.05) is 17.2 Å². The highest BCUT2D eigenvalue weighted by molar-refractivity contribution is 6.10. The second kappa shape index (κ2) is 13.4. The predicted octanol–water partition coefficient (Wildman–Crippen LogP) is 6.01. The van der Waals surface area contributed by atoms with Gasteiger partial charge in [-0.05, 0) is 66.6 Å². The highest BCUT2D eigenvalue weighted by Gasteiger charge is 2.14. The summed E-state index contributed by atoms with van der Waals surface area (Å²) in [6, 6.07) is 29.8. The number of benzene rings is 4. The lowest BCUT2D eigenvalue weighted by Crippen LogP contribution is -2.18. The Morgan fingerprint density at radius 1 is 0.718 bits per heavy atom. The van der Waals surface area contributed by atoms with Crippen LogP contribution in [-0.2, 0) is 11.4 Å². The van der Waals surface area contributed by atoms with Gasteiger partial charge in [-0.2, -0.15) is 0 Å². The maximum atomic E-state index is 12.8. The minimum absolute atomic E-state index is 0.0592. The van der Waals surface area contributed by atoms with Gasteiger partial charge in [0, 0.05) is 12.1 Å². The molecule has 0 aliphatic carbocycles. The smallest absolute Gasteiger partial charge is 0.335 e. The Morgan fingerprint density at radius 3 is 2.15 bits per heavy atom. The molecule has 0 fully saturated rings. The summed E-state index contributed by atoms with van der Waals surface area (Å²) in [4.78, 5) is 36.5. The zero-order chi connectivity index (χ0) is 27.5. The molecule has 0 saturated heterocycles. The molecule has 4 rings (SSSR count). The van der Waals surface area contributed by atoms with E-state index in [1.807, 2.05) is 54.6 Å². The van der Waals surface area contributed by atoms with Gasteiger partial charge in [-0.3, -0.25) is 9.59 Å². The van der Waals surface area contributed by atoms with Crippen LogP contribution in [0.2, 0.25) is 0 Å². The number of carboxylic acids is 1. The third kappa shape index (κ3) is 8.19. The zero-order valence-corrected chi connectivity index (χ0v) is 21.1. The van der Waals surface area contributed by atoms with E-state index in [9.17, 15) is 14.4 Å². The first-order chi connectivity index (χ1) is 19.0. The summed E-state index contributed by atoms with van der Waals surface area (Å²) in [6.07, 6.45) is 0.684. The summed E-state index contributed by atoms with van der Waals surface area (Å²) in [5, 5.41) is 14.6. The van der Waals surface area contributed by atoms with E-state index < -0.39 is 11.9 Å². The third-order valence-electron chi connectivity index (χ3n) is 5.70. The Hall–Kier alpha value is -5.11. The first kappa shape index (κ1) is 26.9. The fourth-order valence-corrected chi connectivity index (χ4v) is 3.73. The molecule has 2 amide bonds. The van der Waals surface area contributed by atoms with Crippen molar-refractivity contribution in [2.24, 2.45) is 0 Å². The first-order valence-corrected chi connectivity index (χ1v) is 12.4. The Morgan fingerprint density at radius 2 is 1.41 bits per heavy atom. The standard InChI is InChI=1S/C31H28N2O6/c34-29(14-7-19-38-25-15-17-26(18-16-25)39-21-22-8-2-1-3-9-22)33-28-13-5-4-12-27(28)30(35)32-24-11-6-10-23(20-24)31(36)37/h1-6,8-13,15-18,20H,7,14,19,21H2,(H,32,35)(H,33,34)(H,36,37). The van der Waals surface area contributed by atoms with Crippen molar-refractivity contribution < 1.29 is 29.0 Å². The van der Waals surface area contributed by atoms with Crippen LogP contribution in [-0.4, -0.2) is 29.5 Å². The van der Waals surface area contributed by atoms with Gasteiger partial charge < -0.3 is 25.2 Å². The third-order valence-corrected chi connectivity index (χ3v) is 5.70. The molecule has 0 heterocycles. The van der Waals surface area contributed by atoms with Crippen LogP contribution in [0, 0.1) is 0 Å². The molecule has 198 valence electrons. The molecule has 0 atom stereocenters. The fourth-order valence-electron chi connectivity index (χ4n) is 3.73. The normalized spacial score (nSPS) is 10.4. The number of amides is 2. The molecular formula is C31H28N2O6. The largest absolute Gasteiger partial charge is 0.494 e. The van der Waals surface area contributed by atoms with E-state index in [0.29, 0.717) is 36.8 Å². The van der Waals surface area contributed by atoms with E-state index in [0.717, 1.165) is 11.3 Å². The number of carbonyl (C=O) groups excluding carboxylic acids is 2. The summed E-state index contributed by atoms with van der Waals surface area (Å²) in [6.45, 7) is 0.832. The molecule has 0 aliphatic heterocycles. The van der Waals surface area contributed by atoms with E-state index in [4.69, 9.17) is 14.6 Å². The molecule has 0 aliphatic rings. The summed E-state index contributed by atoms with van der Waals surface area (Å²) in [7, 11) is 0. The van der Waals surface area contributed by atoms with Gasteiger partial charge in [0.05, 0.1) is 23.4 Å². The number of anilines is 2. The van der Waals surface area contributed by atoms with Crippen LogP contribution < -0.4 is 20.1 Å². The first-order valence-electron chi connectivity index (χ1n) is 12.4. The molecule has 0 unspecified atom stereocenters. The van der Waals surface area contributed by atoms with E-state index in [1.165, 1.54) is 12.1 Å². The van der Waals surface area contributed by atoms with Crippen LogP contribution in [0.15, 0.2) is 103 Å². The van der Waals surface area contributed by atoms with E-state index >= 15 is 0 Å². The van der Waals surface area contributed by atoms with Gasteiger partial charge in [-0.25, -0.2) is 4.79 Å². The Labute approximate surface area is 226 Å². The van der Waals surface area contributed by atoms with Gasteiger partial charge in [-0.1, -0.05) is 48.5 Å². The van der Waals surface area contributed by atoms with Gasteiger partial charge >= 0.3 is 5.97 Å². The number of para-hydroxylation sites is 1. The lowest BCUT2D eigenvalue weighted by Gasteiger charge is -2.12. The van der Waals surface area contributed by atoms with Crippen molar-refractivity contribution in [1.82, 2.24) is 0 Å². The molecule has 0 saturated carbocycles. The maximum absolute atomic E-state index is 12.8. The number of hydrogen-bond donors (Lipinski definition) is 3. The number of rotatable bonds is 12. The van der Waals surface area contributed by atoms with Gasteiger partial charge in [0.25, 0.3) is 5.91 Å². The van der Waals surface area contributed by atoms with Crippen LogP contribution in [0.25, 0.3) is 0 Å². The summed E-state index contributed by atoms with van der Waals surface area (Å²) < 4.78 is 11.5. The van der Waals surface area contributed by atoms with Crippen molar-refractivity contribution in [3.05, 3.63) is 120 Å². The average Bonchev–Trinajstić information content (AvgIpc) is 2.96. The number of nitrogens with one attached hydrogen (secondary N) is 2. The van der Waals surface area contributed by atoms with E-state index in [1.54, 1.807) is 36.4 Å². The number of ether oxygens (including phenoxy) is 2. The average molecular weight is 525 g/mol. The van der Waals surface area contributed by atoms with Crippen molar-refractivity contribution in [2.45, 2.75) is 19.4 Å². The fraction of sp³-hybridized carbons (Fsp3) is 0.129. The number of carbonyl (C=O) groups is 3. The quantitative estimate of drug-likeness (QED) is 0.196. The monoisotopic (exact) mass is 524 g/mol. The van der Waals surface area contributed by atoms with Crippen LogP contribution in [0.4, 0.5) is 11.4 Å². The van der Waals surface area contributed by atoms with Crippen molar-refractivity contribution in [3.63, 3.8) is 0 Å². The van der Waals surface area contributed by atoms with Crippen LogP contribution in [0.1, 0.15) is 39.1 Å². The highest BCUT2D eigenvalue weighted by atomic mass is 16.5. The second-order valence-electron chi connectivity index (χ2n) is 8.63. The van der Waals surface area contributed by atoms with Crippen LogP contribution in [0.3, 0.4) is 0 Å². The van der Waals surface area contributed by atoms with Gasteiger partial charge in [0.2, 0.25) is 5.91 Å². The predicted molar refractivity (Wildman–Crippen MR) is 148 cm³/mol. The second-order valence-corrected chi connectivity index (χ2v) is 8.63. The van der Waals surface area contributed by atoms with Gasteiger partial charge in [0.1, 0.15) is 18.1 Å². The summed E-state index contributed by atoms with van der Waals surface area (Å²) >= 11 is 0. The van der Waals surface area contributed by atoms with Crippen LogP contribution >= 0.6 is 0 Å². The highest BCUT2D eigenvalue weighted by Crippen LogP contribution is 2.20. The molecular weight excluding hydrogens is 496 g/mol. The SMILES string of the molecule is O=C(CCCOc1ccc(OCc2ccccc2)cc1)Nc1ccccc1C(=O)Nc1cccc(C(=O)O)c1. The summed E-state index contributed by atoms with van der Waals surface area (Å²) in [5.74, 6) is -0.392. The molecule has 8 nitrogen and oxygen atoms in total. The van der Waals surface area contributed by atoms with Crippen molar-refractivity contribution in [3.8, 4) is 11.5 Å². The van der Waals surface area contributed by atoms with Gasteiger partial charge in [-0.15, -0.1) is 0 Å². The lowest BCUT2D eigenvalue weighted by molar-refractivity contribution is -0.116. The van der Waals surface area contributed by atoms with Crippen LogP contribution in [0.5, 0.6) is 11.5 Å². The van der Waals surface area contributed by atoms with E-state index in [-0.39, 0.29) is 23.5 Å². The minimum Gasteiger partial charge on any atom is -0.494 e. The number of carboxylic acid groups (broad SMARTS) is 1. The molecule has 3 N–H and O–H groups in total. The summed E-state index contributed by atoms with van der Waals surface area (Å²) in [5.41, 5.74) is 2.11. The number of hydrogen-bond acceptors (Lipinski definition) is 5. The van der Waals surface area contributed by atoms with Crippen molar-refractivity contribution >= 4 is 29.2 Å². The van der Waals surface area contributed by atoms with E-state index in [2.05, 4.69) is 10.6 Å². The molecule has 39 heavy (non-hydrogen) atoms. The molecule has 0 aromatic heterocycles. The Bertz CT molecular complexity index is 1420. The molecule has 0 radical (unpaired) electrons. The minimum atomic E-state index is -1.09. The maximum Gasteiger partial charge on any atom is 0.335 e. The topological polar surface area (TPSA) is 114 Å². The Kier molecular flexibility index (Phi) is 9.28. The molecule has 4 aromatic carbocycles. The lowest BCUT2D eigenvalue weighted by atomic mass is 10.1. The molecule has 0 spiro atoms. The molecule has 8 heteroatoms. The molecule has 0 bridgehead atoms. The number of aromatic carboxylic acids is 1. The zero-order valence-electron chi connectivity index (χ0n) is 21.1. The molecule has 4 aromatic rings. The van der Waals surface area contributed by atoms with Crippen molar-refractivity contribution in [1.29, 1.82) is 0 Å². The Balaban J connectivity index is 1.22. The van der Waals surface area contributed by atoms with Gasteiger partial charge in [0.15, 0.2) is 0 Å².